The lowest BCUT2D eigenvalue weighted by molar-refractivity contribution is 0.0480. The number of amides is 1. The second kappa shape index (κ2) is 5.32. The van der Waals surface area contributed by atoms with Gasteiger partial charge in [-0.25, -0.2) is 10.2 Å². The van der Waals surface area contributed by atoms with Crippen molar-refractivity contribution in [1.82, 2.24) is 10.9 Å². The predicted molar refractivity (Wildman–Crippen MR) is 58.2 cm³/mol. The summed E-state index contributed by atoms with van der Waals surface area (Å²) in [4.78, 5) is 11.2. The Balaban J connectivity index is 3.74. The third-order valence-corrected chi connectivity index (χ3v) is 1.58. The number of hydrogen-bond donors (Lipinski definition) is 3. The highest BCUT2D eigenvalue weighted by molar-refractivity contribution is 5.66. The summed E-state index contributed by atoms with van der Waals surface area (Å²) in [6.45, 7) is 9.69. The van der Waals surface area contributed by atoms with Crippen molar-refractivity contribution < 1.29 is 14.6 Å². The predicted octanol–water partition coefficient (Wildman–Crippen LogP) is 1.03. The number of carbonyl (C=O) groups is 1. The number of ether oxygens (including phenoxy) is 1. The van der Waals surface area contributed by atoms with Crippen molar-refractivity contribution in [2.24, 2.45) is 5.41 Å². The molecule has 0 aromatic rings. The van der Waals surface area contributed by atoms with E-state index in [-0.39, 0.29) is 12.0 Å². The summed E-state index contributed by atoms with van der Waals surface area (Å²) in [6.07, 6.45) is -0.517. The molecule has 0 spiro atoms. The minimum atomic E-state index is -0.517. The second-order valence-electron chi connectivity index (χ2n) is 5.30. The summed E-state index contributed by atoms with van der Waals surface area (Å²) >= 11 is 0. The average Bonchev–Trinajstić information content (AvgIpc) is 2.00. The van der Waals surface area contributed by atoms with Crippen molar-refractivity contribution in [3.63, 3.8) is 0 Å². The normalized spacial score (nSPS) is 12.4. The molecule has 0 saturated heterocycles. The summed E-state index contributed by atoms with van der Waals surface area (Å²) in [5.74, 6) is 0. The van der Waals surface area contributed by atoms with Crippen molar-refractivity contribution in [3.05, 3.63) is 0 Å². The third kappa shape index (κ3) is 8.20. The first-order valence-electron chi connectivity index (χ1n) is 4.99. The molecule has 0 aliphatic carbocycles. The van der Waals surface area contributed by atoms with E-state index in [2.05, 4.69) is 10.9 Å². The number of rotatable bonds is 4. The maximum absolute atomic E-state index is 11.2. The Hall–Kier alpha value is -0.810. The Kier molecular flexibility index (Phi) is 5.03. The highest BCUT2D eigenvalue weighted by Crippen LogP contribution is 2.10. The number of hydrazine groups is 1. The molecular weight excluding hydrogens is 196 g/mol. The largest absolute Gasteiger partial charge is 0.443 e. The van der Waals surface area contributed by atoms with E-state index in [1.54, 1.807) is 20.8 Å². The van der Waals surface area contributed by atoms with Crippen LogP contribution < -0.4 is 10.9 Å². The standard InChI is InChI=1S/C10H22N2O3/c1-9(2,3)15-8(14)12-11-6-10(4,5)7-13/h11,13H,6-7H2,1-5H3,(H,12,14). The highest BCUT2D eigenvalue weighted by Gasteiger charge is 2.18. The highest BCUT2D eigenvalue weighted by atomic mass is 16.6. The van der Waals surface area contributed by atoms with E-state index in [4.69, 9.17) is 9.84 Å². The average molecular weight is 218 g/mol. The van der Waals surface area contributed by atoms with E-state index >= 15 is 0 Å². The van der Waals surface area contributed by atoms with Crippen LogP contribution in [0, 0.1) is 5.41 Å². The molecule has 1 amide bonds. The van der Waals surface area contributed by atoms with Crippen LogP contribution in [0.5, 0.6) is 0 Å². The van der Waals surface area contributed by atoms with Crippen LogP contribution in [0.1, 0.15) is 34.6 Å². The SMILES string of the molecule is CC(C)(CO)CNNC(=O)OC(C)(C)C. The summed E-state index contributed by atoms with van der Waals surface area (Å²) in [7, 11) is 0. The van der Waals surface area contributed by atoms with Gasteiger partial charge in [-0.2, -0.15) is 0 Å². The molecule has 0 fully saturated rings. The van der Waals surface area contributed by atoms with Crippen LogP contribution in [-0.4, -0.2) is 30.0 Å². The number of aliphatic hydroxyl groups is 1. The Morgan fingerprint density at radius 3 is 2.20 bits per heavy atom. The van der Waals surface area contributed by atoms with Gasteiger partial charge in [0.25, 0.3) is 0 Å². The van der Waals surface area contributed by atoms with Crippen molar-refractivity contribution in [2.45, 2.75) is 40.2 Å². The van der Waals surface area contributed by atoms with Crippen LogP contribution in [0.15, 0.2) is 0 Å². The van der Waals surface area contributed by atoms with Gasteiger partial charge in [-0.15, -0.1) is 0 Å². The molecular formula is C10H22N2O3. The first-order chi connectivity index (χ1) is 6.66. The van der Waals surface area contributed by atoms with Crippen LogP contribution >= 0.6 is 0 Å². The van der Waals surface area contributed by atoms with E-state index in [0.29, 0.717) is 6.54 Å². The van der Waals surface area contributed by atoms with Crippen LogP contribution in [0.3, 0.4) is 0 Å². The van der Waals surface area contributed by atoms with Crippen LogP contribution in [0.2, 0.25) is 0 Å². The molecule has 15 heavy (non-hydrogen) atoms. The lowest BCUT2D eigenvalue weighted by atomic mass is 9.95. The van der Waals surface area contributed by atoms with E-state index in [1.807, 2.05) is 13.8 Å². The van der Waals surface area contributed by atoms with Crippen LogP contribution in [-0.2, 0) is 4.74 Å². The van der Waals surface area contributed by atoms with Gasteiger partial charge in [0.05, 0.1) is 0 Å². The summed E-state index contributed by atoms with van der Waals surface area (Å²) < 4.78 is 5.01. The number of aliphatic hydroxyl groups excluding tert-OH is 1. The number of hydrogen-bond acceptors (Lipinski definition) is 4. The molecule has 0 unspecified atom stereocenters. The zero-order chi connectivity index (χ0) is 12.1. The summed E-state index contributed by atoms with van der Waals surface area (Å²) in [6, 6.07) is 0. The molecule has 0 aliphatic rings. The molecule has 0 heterocycles. The number of carbonyl (C=O) groups excluding carboxylic acids is 1. The molecule has 0 aliphatic heterocycles. The smallest absolute Gasteiger partial charge is 0.422 e. The molecule has 90 valence electrons. The Labute approximate surface area is 91.2 Å². The summed E-state index contributed by atoms with van der Waals surface area (Å²) in [5.41, 5.74) is 4.35. The first-order valence-corrected chi connectivity index (χ1v) is 4.99. The van der Waals surface area contributed by atoms with Gasteiger partial charge in [0.15, 0.2) is 0 Å². The van der Waals surface area contributed by atoms with Crippen molar-refractivity contribution in [1.29, 1.82) is 0 Å². The van der Waals surface area contributed by atoms with Crippen molar-refractivity contribution in [3.8, 4) is 0 Å². The quantitative estimate of drug-likeness (QED) is 0.616. The fourth-order valence-electron chi connectivity index (χ4n) is 0.715. The number of nitrogens with one attached hydrogen (secondary N) is 2. The summed E-state index contributed by atoms with van der Waals surface area (Å²) in [5, 5.41) is 8.96. The lowest BCUT2D eigenvalue weighted by Gasteiger charge is -2.23. The van der Waals surface area contributed by atoms with Gasteiger partial charge in [-0.1, -0.05) is 13.8 Å². The maximum atomic E-state index is 11.2. The molecule has 0 aromatic heterocycles. The van der Waals surface area contributed by atoms with Crippen molar-refractivity contribution in [2.75, 3.05) is 13.2 Å². The second-order valence-corrected chi connectivity index (χ2v) is 5.30. The monoisotopic (exact) mass is 218 g/mol. The Morgan fingerprint density at radius 2 is 1.80 bits per heavy atom. The molecule has 0 rings (SSSR count). The van der Waals surface area contributed by atoms with Gasteiger partial charge in [0.2, 0.25) is 0 Å². The molecule has 0 atom stereocenters. The van der Waals surface area contributed by atoms with Gasteiger partial charge in [-0.05, 0) is 20.8 Å². The minimum Gasteiger partial charge on any atom is -0.443 e. The molecule has 0 aromatic carbocycles. The molecule has 5 heteroatoms. The molecule has 3 N–H and O–H groups in total. The van der Waals surface area contributed by atoms with Gasteiger partial charge >= 0.3 is 6.09 Å². The van der Waals surface area contributed by atoms with Crippen LogP contribution in [0.25, 0.3) is 0 Å². The fraction of sp³-hybridized carbons (Fsp3) is 0.900. The zero-order valence-electron chi connectivity index (χ0n) is 10.2. The van der Waals surface area contributed by atoms with E-state index in [1.165, 1.54) is 0 Å². The minimum absolute atomic E-state index is 0.0516. The topological polar surface area (TPSA) is 70.6 Å². The molecule has 5 nitrogen and oxygen atoms in total. The molecule has 0 radical (unpaired) electrons. The molecule has 0 saturated carbocycles. The molecule has 0 bridgehead atoms. The fourth-order valence-corrected chi connectivity index (χ4v) is 0.715. The first kappa shape index (κ1) is 14.2. The Morgan fingerprint density at radius 1 is 1.27 bits per heavy atom. The van der Waals surface area contributed by atoms with Crippen molar-refractivity contribution >= 4 is 6.09 Å². The van der Waals surface area contributed by atoms with E-state index in [9.17, 15) is 4.79 Å². The van der Waals surface area contributed by atoms with E-state index in [0.717, 1.165) is 0 Å². The third-order valence-electron chi connectivity index (χ3n) is 1.58. The van der Waals surface area contributed by atoms with Gasteiger partial charge < -0.3 is 9.84 Å². The lowest BCUT2D eigenvalue weighted by Crippen LogP contribution is -2.45. The Bertz CT molecular complexity index is 209. The zero-order valence-corrected chi connectivity index (χ0v) is 10.2. The van der Waals surface area contributed by atoms with Gasteiger partial charge in [0.1, 0.15) is 5.60 Å². The van der Waals surface area contributed by atoms with Gasteiger partial charge in [0, 0.05) is 18.6 Å². The van der Waals surface area contributed by atoms with Crippen LogP contribution in [0.4, 0.5) is 4.79 Å². The van der Waals surface area contributed by atoms with E-state index < -0.39 is 11.7 Å². The maximum Gasteiger partial charge on any atom is 0.422 e. The van der Waals surface area contributed by atoms with Gasteiger partial charge in [-0.3, -0.25) is 5.43 Å².